The minimum absolute atomic E-state index is 0.100. The van der Waals surface area contributed by atoms with Crippen LogP contribution in [0.4, 0.5) is 5.69 Å². The smallest absolute Gasteiger partial charge is 0.205 e. The lowest BCUT2D eigenvalue weighted by molar-refractivity contribution is 0.338. The van der Waals surface area contributed by atoms with Crippen LogP contribution in [-0.2, 0) is 0 Å². The summed E-state index contributed by atoms with van der Waals surface area (Å²) >= 11 is 0. The van der Waals surface area contributed by atoms with Crippen molar-refractivity contribution in [1.82, 2.24) is 9.78 Å². The molecule has 1 aromatic heterocycles. The number of para-hydroxylation sites is 3. The number of rotatable bonds is 5. The maximum Gasteiger partial charge on any atom is 0.205 e. The molecule has 27 heavy (non-hydrogen) atoms. The van der Waals surface area contributed by atoms with E-state index in [9.17, 15) is 4.79 Å². The van der Waals surface area contributed by atoms with E-state index in [0.29, 0.717) is 18.7 Å². The number of anilines is 1. The monoisotopic (exact) mass is 360 g/mol. The lowest BCUT2D eigenvalue weighted by Gasteiger charge is -2.23. The van der Waals surface area contributed by atoms with Crippen molar-refractivity contribution in [3.63, 3.8) is 0 Å². The van der Waals surface area contributed by atoms with Gasteiger partial charge in [0.1, 0.15) is 23.2 Å². The molecule has 6 heteroatoms. The van der Waals surface area contributed by atoms with Crippen LogP contribution in [0.3, 0.4) is 0 Å². The normalized spacial score (nSPS) is 15.9. The van der Waals surface area contributed by atoms with E-state index in [1.165, 1.54) is 0 Å². The van der Waals surface area contributed by atoms with Crippen LogP contribution >= 0.6 is 0 Å². The van der Waals surface area contributed by atoms with E-state index in [4.69, 9.17) is 4.74 Å². The Labute approximate surface area is 157 Å². The summed E-state index contributed by atoms with van der Waals surface area (Å²) in [5.41, 5.74) is 2.09. The van der Waals surface area contributed by atoms with Gasteiger partial charge in [-0.3, -0.25) is 9.80 Å². The first-order chi connectivity index (χ1) is 13.3. The Balaban J connectivity index is 1.75. The molecule has 3 aromatic rings. The number of hydrogen-bond acceptors (Lipinski definition) is 5. The molecule has 0 spiro atoms. The van der Waals surface area contributed by atoms with E-state index in [-0.39, 0.29) is 11.5 Å². The fourth-order valence-electron chi connectivity index (χ4n) is 3.18. The van der Waals surface area contributed by atoms with Crippen LogP contribution in [0, 0.1) is 0 Å². The van der Waals surface area contributed by atoms with Gasteiger partial charge in [0.15, 0.2) is 0 Å². The van der Waals surface area contributed by atoms with Gasteiger partial charge in [-0.1, -0.05) is 30.3 Å². The first kappa shape index (κ1) is 17.0. The second-order valence-electron chi connectivity index (χ2n) is 6.14. The molecule has 0 radical (unpaired) electrons. The molecule has 0 N–H and O–H groups in total. The molecule has 0 saturated carbocycles. The predicted octanol–water partition coefficient (Wildman–Crippen LogP) is 3.57. The van der Waals surface area contributed by atoms with E-state index < -0.39 is 0 Å². The van der Waals surface area contributed by atoms with Crippen molar-refractivity contribution >= 4 is 11.9 Å². The summed E-state index contributed by atoms with van der Waals surface area (Å²) in [5.74, 6) is 0.727. The Morgan fingerprint density at radius 3 is 2.67 bits per heavy atom. The zero-order valence-electron chi connectivity index (χ0n) is 15.0. The highest BCUT2D eigenvalue weighted by Crippen LogP contribution is 2.31. The molecule has 0 bridgehead atoms. The van der Waals surface area contributed by atoms with Gasteiger partial charge in [0.05, 0.1) is 12.3 Å². The SMILES string of the molecule is CCOc1ccccc1-n1ccc(=O)c(C2CC=NN2c2ccccc2)n1. The fraction of sp³-hybridized carbons (Fsp3) is 0.190. The summed E-state index contributed by atoms with van der Waals surface area (Å²) in [4.78, 5) is 12.6. The Morgan fingerprint density at radius 1 is 1.07 bits per heavy atom. The summed E-state index contributed by atoms with van der Waals surface area (Å²) in [6, 6.07) is 18.8. The van der Waals surface area contributed by atoms with Crippen molar-refractivity contribution in [3.8, 4) is 11.4 Å². The van der Waals surface area contributed by atoms with Gasteiger partial charge in [0, 0.05) is 24.9 Å². The van der Waals surface area contributed by atoms with Crippen LogP contribution in [0.25, 0.3) is 5.69 Å². The fourth-order valence-corrected chi connectivity index (χ4v) is 3.18. The quantitative estimate of drug-likeness (QED) is 0.698. The number of aromatic nitrogens is 2. The molecule has 6 nitrogen and oxygen atoms in total. The number of hydrogen-bond donors (Lipinski definition) is 0. The molecular formula is C21H20N4O2. The molecule has 1 unspecified atom stereocenters. The third kappa shape index (κ3) is 3.33. The molecule has 2 aromatic carbocycles. The van der Waals surface area contributed by atoms with Crippen LogP contribution in [0.15, 0.2) is 76.8 Å². The first-order valence-corrected chi connectivity index (χ1v) is 8.96. The Morgan fingerprint density at radius 2 is 1.85 bits per heavy atom. The molecule has 1 aliphatic rings. The standard InChI is InChI=1S/C21H20N4O2/c1-2-27-20-11-7-6-10-17(20)24-15-13-19(26)21(23-24)18-12-14-22-25(18)16-8-4-3-5-9-16/h3-11,13-15,18H,2,12H2,1H3. The van der Waals surface area contributed by atoms with Crippen molar-refractivity contribution in [2.24, 2.45) is 5.10 Å². The minimum Gasteiger partial charge on any atom is -0.492 e. The molecule has 2 heterocycles. The third-order valence-corrected chi connectivity index (χ3v) is 4.41. The minimum atomic E-state index is -0.230. The van der Waals surface area contributed by atoms with Crippen LogP contribution in [0.2, 0.25) is 0 Å². The van der Waals surface area contributed by atoms with Crippen molar-refractivity contribution in [2.75, 3.05) is 11.6 Å². The van der Waals surface area contributed by atoms with E-state index >= 15 is 0 Å². The second kappa shape index (κ2) is 7.45. The van der Waals surface area contributed by atoms with Gasteiger partial charge in [0.25, 0.3) is 0 Å². The van der Waals surface area contributed by atoms with Gasteiger partial charge >= 0.3 is 0 Å². The zero-order valence-corrected chi connectivity index (χ0v) is 15.0. The molecule has 0 saturated heterocycles. The van der Waals surface area contributed by atoms with Gasteiger partial charge in [-0.05, 0) is 31.2 Å². The summed E-state index contributed by atoms with van der Waals surface area (Å²) in [6.45, 7) is 2.50. The predicted molar refractivity (Wildman–Crippen MR) is 106 cm³/mol. The van der Waals surface area contributed by atoms with Gasteiger partial charge in [-0.15, -0.1) is 0 Å². The van der Waals surface area contributed by atoms with Gasteiger partial charge in [-0.2, -0.15) is 10.2 Å². The molecule has 1 aliphatic heterocycles. The lowest BCUT2D eigenvalue weighted by atomic mass is 10.1. The number of hydrazone groups is 1. The van der Waals surface area contributed by atoms with Crippen molar-refractivity contribution in [3.05, 3.63) is 82.8 Å². The molecular weight excluding hydrogens is 340 g/mol. The molecule has 0 fully saturated rings. The highest BCUT2D eigenvalue weighted by atomic mass is 16.5. The third-order valence-electron chi connectivity index (χ3n) is 4.41. The van der Waals surface area contributed by atoms with Crippen LogP contribution in [0.1, 0.15) is 25.1 Å². The molecule has 0 amide bonds. The van der Waals surface area contributed by atoms with Crippen LogP contribution < -0.4 is 15.2 Å². The summed E-state index contributed by atoms with van der Waals surface area (Å²) in [6.07, 6.45) is 4.13. The van der Waals surface area contributed by atoms with Gasteiger partial charge in [0.2, 0.25) is 5.43 Å². The maximum absolute atomic E-state index is 12.6. The Bertz CT molecular complexity index is 1010. The van der Waals surface area contributed by atoms with E-state index in [1.54, 1.807) is 16.9 Å². The second-order valence-corrected chi connectivity index (χ2v) is 6.14. The first-order valence-electron chi connectivity index (χ1n) is 8.96. The summed E-state index contributed by atoms with van der Waals surface area (Å²) in [5, 5.41) is 10.9. The van der Waals surface area contributed by atoms with Crippen molar-refractivity contribution in [1.29, 1.82) is 0 Å². The number of ether oxygens (including phenoxy) is 1. The Hall–Kier alpha value is -3.41. The molecule has 4 rings (SSSR count). The zero-order chi connectivity index (χ0) is 18.6. The molecule has 1 atom stereocenters. The largest absolute Gasteiger partial charge is 0.492 e. The molecule has 0 aliphatic carbocycles. The Kier molecular flexibility index (Phi) is 4.70. The summed E-state index contributed by atoms with van der Waals surface area (Å²) in [7, 11) is 0. The average Bonchev–Trinajstić information content (AvgIpc) is 3.19. The van der Waals surface area contributed by atoms with Gasteiger partial charge < -0.3 is 4.74 Å². The van der Waals surface area contributed by atoms with Crippen LogP contribution in [-0.4, -0.2) is 22.6 Å². The average molecular weight is 360 g/mol. The van der Waals surface area contributed by atoms with Gasteiger partial charge in [-0.25, -0.2) is 4.68 Å². The highest BCUT2D eigenvalue weighted by Gasteiger charge is 2.28. The summed E-state index contributed by atoms with van der Waals surface area (Å²) < 4.78 is 7.40. The van der Waals surface area contributed by atoms with Crippen molar-refractivity contribution < 1.29 is 4.74 Å². The number of nitrogens with zero attached hydrogens (tertiary/aromatic N) is 4. The molecule has 136 valence electrons. The van der Waals surface area contributed by atoms with E-state index in [2.05, 4.69) is 10.2 Å². The lowest BCUT2D eigenvalue weighted by Crippen LogP contribution is -2.27. The topological polar surface area (TPSA) is 59.7 Å². The van der Waals surface area contributed by atoms with E-state index in [1.807, 2.05) is 72.7 Å². The van der Waals surface area contributed by atoms with Crippen molar-refractivity contribution in [2.45, 2.75) is 19.4 Å². The highest BCUT2D eigenvalue weighted by molar-refractivity contribution is 5.67. The number of benzene rings is 2. The van der Waals surface area contributed by atoms with Crippen LogP contribution in [0.5, 0.6) is 5.75 Å². The van der Waals surface area contributed by atoms with E-state index in [0.717, 1.165) is 17.1 Å². The maximum atomic E-state index is 12.6.